The van der Waals surface area contributed by atoms with Crippen molar-refractivity contribution in [2.45, 2.75) is 19.8 Å². The van der Waals surface area contributed by atoms with Gasteiger partial charge in [0.05, 0.1) is 12.7 Å². The lowest BCUT2D eigenvalue weighted by molar-refractivity contribution is -0.140. The predicted molar refractivity (Wildman–Crippen MR) is 96.8 cm³/mol. The Balaban J connectivity index is 2.03. The fourth-order valence-electron chi connectivity index (χ4n) is 2.66. The van der Waals surface area contributed by atoms with E-state index in [4.69, 9.17) is 9.15 Å². The Hall–Kier alpha value is -3.48. The lowest BCUT2D eigenvalue weighted by Crippen LogP contribution is -2.11. The van der Waals surface area contributed by atoms with Gasteiger partial charge in [0.15, 0.2) is 0 Å². The van der Waals surface area contributed by atoms with Crippen LogP contribution in [0.4, 0.5) is 0 Å². The highest BCUT2D eigenvalue weighted by Gasteiger charge is 2.16. The van der Waals surface area contributed by atoms with E-state index in [9.17, 15) is 14.4 Å². The minimum Gasteiger partial charge on any atom is -0.469 e. The number of carbonyl (C=O) groups excluding carboxylic acids is 2. The number of benzene rings is 1. The van der Waals surface area contributed by atoms with Crippen LogP contribution in [0.25, 0.3) is 11.0 Å². The van der Waals surface area contributed by atoms with Gasteiger partial charge in [0.2, 0.25) is 0 Å². The van der Waals surface area contributed by atoms with E-state index in [0.29, 0.717) is 23.0 Å². The van der Waals surface area contributed by atoms with Crippen molar-refractivity contribution in [1.29, 1.82) is 0 Å². The molecule has 138 valence electrons. The van der Waals surface area contributed by atoms with Gasteiger partial charge in [-0.05, 0) is 42.7 Å². The third kappa shape index (κ3) is 4.20. The Kier molecular flexibility index (Phi) is 5.30. The molecule has 0 atom stereocenters. The molecule has 0 bridgehead atoms. The molecule has 0 spiro atoms. The van der Waals surface area contributed by atoms with Crippen molar-refractivity contribution in [1.82, 2.24) is 4.98 Å². The van der Waals surface area contributed by atoms with Gasteiger partial charge in [0, 0.05) is 36.3 Å². The topological polar surface area (TPSA) is 95.7 Å². The molecule has 3 aromatic rings. The predicted octanol–water partition coefficient (Wildman–Crippen LogP) is 2.82. The number of nitrogens with zero attached hydrogens (tertiary/aromatic N) is 1. The molecule has 0 aliphatic carbocycles. The highest BCUT2D eigenvalue weighted by atomic mass is 16.5. The molecule has 0 N–H and O–H groups in total. The standard InChI is InChI=1S/C20H17NO6/c1-12-8-19(23)26-17-10-16(27-20(24)14-4-3-7-21-11-14)13(9-15(12)17)5-6-18(22)25-2/h3-4,7-11H,5-6H2,1-2H3. The average molecular weight is 367 g/mol. The van der Waals surface area contributed by atoms with Crippen LogP contribution in [0.1, 0.15) is 27.9 Å². The number of pyridine rings is 1. The monoisotopic (exact) mass is 367 g/mol. The van der Waals surface area contributed by atoms with E-state index in [1.165, 1.54) is 25.4 Å². The van der Waals surface area contributed by atoms with Gasteiger partial charge >= 0.3 is 17.6 Å². The number of hydrogen-bond donors (Lipinski definition) is 0. The largest absolute Gasteiger partial charge is 0.469 e. The van der Waals surface area contributed by atoms with Crippen molar-refractivity contribution >= 4 is 22.9 Å². The van der Waals surface area contributed by atoms with Crippen LogP contribution in [-0.4, -0.2) is 24.0 Å². The zero-order valence-electron chi connectivity index (χ0n) is 14.9. The molecular weight excluding hydrogens is 350 g/mol. The smallest absolute Gasteiger partial charge is 0.345 e. The zero-order chi connectivity index (χ0) is 19.4. The minimum absolute atomic E-state index is 0.120. The van der Waals surface area contributed by atoms with Crippen molar-refractivity contribution < 1.29 is 23.5 Å². The highest BCUT2D eigenvalue weighted by Crippen LogP contribution is 2.29. The van der Waals surface area contributed by atoms with E-state index >= 15 is 0 Å². The van der Waals surface area contributed by atoms with Crippen molar-refractivity contribution in [2.24, 2.45) is 0 Å². The maximum Gasteiger partial charge on any atom is 0.345 e. The van der Waals surface area contributed by atoms with Gasteiger partial charge in [-0.2, -0.15) is 0 Å². The number of fused-ring (bicyclic) bond motifs is 1. The highest BCUT2D eigenvalue weighted by molar-refractivity contribution is 5.92. The van der Waals surface area contributed by atoms with Crippen molar-refractivity contribution in [3.8, 4) is 5.75 Å². The number of aryl methyl sites for hydroxylation is 2. The molecule has 7 heteroatoms. The van der Waals surface area contributed by atoms with E-state index in [1.807, 2.05) is 0 Å². The molecule has 0 radical (unpaired) electrons. The number of ether oxygens (including phenoxy) is 2. The molecule has 0 amide bonds. The summed E-state index contributed by atoms with van der Waals surface area (Å²) in [5.41, 5.74) is 1.44. The van der Waals surface area contributed by atoms with Gasteiger partial charge in [0.1, 0.15) is 11.3 Å². The molecule has 0 aliphatic heterocycles. The Morgan fingerprint density at radius 2 is 2.04 bits per heavy atom. The molecule has 7 nitrogen and oxygen atoms in total. The summed E-state index contributed by atoms with van der Waals surface area (Å²) in [6.07, 6.45) is 3.36. The van der Waals surface area contributed by atoms with Crippen LogP contribution in [0.5, 0.6) is 5.75 Å². The second kappa shape index (κ2) is 7.82. The Morgan fingerprint density at radius 1 is 1.22 bits per heavy atom. The van der Waals surface area contributed by atoms with Crippen molar-refractivity contribution in [2.75, 3.05) is 7.11 Å². The summed E-state index contributed by atoms with van der Waals surface area (Å²) < 4.78 is 15.4. The fraction of sp³-hybridized carbons (Fsp3) is 0.200. The second-order valence-corrected chi connectivity index (χ2v) is 5.91. The lowest BCUT2D eigenvalue weighted by atomic mass is 10.0. The molecule has 2 aromatic heterocycles. The molecule has 2 heterocycles. The van der Waals surface area contributed by atoms with Gasteiger partial charge in [-0.3, -0.25) is 9.78 Å². The zero-order valence-corrected chi connectivity index (χ0v) is 14.9. The summed E-state index contributed by atoms with van der Waals surface area (Å²) in [4.78, 5) is 39.4. The van der Waals surface area contributed by atoms with Gasteiger partial charge in [-0.1, -0.05) is 0 Å². The molecule has 0 unspecified atom stereocenters. The summed E-state index contributed by atoms with van der Waals surface area (Å²) in [6.45, 7) is 1.78. The first-order valence-corrected chi connectivity index (χ1v) is 8.24. The minimum atomic E-state index is -0.600. The third-order valence-corrected chi connectivity index (χ3v) is 4.06. The number of esters is 2. The summed E-state index contributed by atoms with van der Waals surface area (Å²) >= 11 is 0. The molecule has 3 rings (SSSR count). The number of hydrogen-bond acceptors (Lipinski definition) is 7. The van der Waals surface area contributed by atoms with Crippen LogP contribution in [0.2, 0.25) is 0 Å². The van der Waals surface area contributed by atoms with Gasteiger partial charge < -0.3 is 13.9 Å². The number of rotatable bonds is 5. The normalized spacial score (nSPS) is 10.6. The molecule has 27 heavy (non-hydrogen) atoms. The van der Waals surface area contributed by atoms with Crippen LogP contribution in [0, 0.1) is 6.92 Å². The van der Waals surface area contributed by atoms with Gasteiger partial charge in [-0.25, -0.2) is 9.59 Å². The van der Waals surface area contributed by atoms with Crippen LogP contribution in [-0.2, 0) is 16.0 Å². The number of carbonyl (C=O) groups is 2. The first kappa shape index (κ1) is 18.3. The van der Waals surface area contributed by atoms with E-state index in [2.05, 4.69) is 9.72 Å². The van der Waals surface area contributed by atoms with E-state index in [1.54, 1.807) is 31.3 Å². The SMILES string of the molecule is COC(=O)CCc1cc2c(C)cc(=O)oc2cc1OC(=O)c1cccnc1. The van der Waals surface area contributed by atoms with Crippen LogP contribution in [0.15, 0.2) is 51.9 Å². The molecule has 0 saturated carbocycles. The third-order valence-electron chi connectivity index (χ3n) is 4.06. The first-order valence-electron chi connectivity index (χ1n) is 8.24. The summed E-state index contributed by atoms with van der Waals surface area (Å²) in [6, 6.07) is 7.83. The Labute approximate surface area is 154 Å². The lowest BCUT2D eigenvalue weighted by Gasteiger charge is -2.12. The molecular formula is C20H17NO6. The molecule has 0 aliphatic rings. The van der Waals surface area contributed by atoms with Crippen LogP contribution < -0.4 is 10.4 Å². The van der Waals surface area contributed by atoms with Crippen molar-refractivity contribution in [3.05, 3.63) is 69.8 Å². The Morgan fingerprint density at radius 3 is 2.74 bits per heavy atom. The summed E-state index contributed by atoms with van der Waals surface area (Å²) in [7, 11) is 1.31. The maximum atomic E-state index is 12.4. The van der Waals surface area contributed by atoms with Crippen molar-refractivity contribution in [3.63, 3.8) is 0 Å². The van der Waals surface area contributed by atoms with E-state index < -0.39 is 11.6 Å². The Bertz CT molecular complexity index is 1060. The molecule has 1 aromatic carbocycles. The number of methoxy groups -OCH3 is 1. The maximum absolute atomic E-state index is 12.4. The van der Waals surface area contributed by atoms with Crippen LogP contribution in [0.3, 0.4) is 0 Å². The van der Waals surface area contributed by atoms with Crippen LogP contribution >= 0.6 is 0 Å². The van der Waals surface area contributed by atoms with Gasteiger partial charge in [-0.15, -0.1) is 0 Å². The van der Waals surface area contributed by atoms with E-state index in [-0.39, 0.29) is 23.7 Å². The van der Waals surface area contributed by atoms with Gasteiger partial charge in [0.25, 0.3) is 0 Å². The average Bonchev–Trinajstić information content (AvgIpc) is 2.66. The summed E-state index contributed by atoms with van der Waals surface area (Å²) in [5, 5.41) is 0.704. The quantitative estimate of drug-likeness (QED) is 0.389. The number of aromatic nitrogens is 1. The first-order chi connectivity index (χ1) is 13.0. The molecule has 0 saturated heterocycles. The fourth-order valence-corrected chi connectivity index (χ4v) is 2.66. The summed E-state index contributed by atoms with van der Waals surface area (Å²) in [5.74, 6) is -0.762. The molecule has 0 fully saturated rings. The van der Waals surface area contributed by atoms with E-state index in [0.717, 1.165) is 5.56 Å². The second-order valence-electron chi connectivity index (χ2n) is 5.91.